The van der Waals surface area contributed by atoms with Crippen LogP contribution in [0.3, 0.4) is 0 Å². The summed E-state index contributed by atoms with van der Waals surface area (Å²) in [5.41, 5.74) is 9.06. The summed E-state index contributed by atoms with van der Waals surface area (Å²) in [4.78, 5) is 25.0. The van der Waals surface area contributed by atoms with Gasteiger partial charge in [0.1, 0.15) is 6.54 Å². The van der Waals surface area contributed by atoms with Gasteiger partial charge in [-0.25, -0.2) is 9.59 Å². The van der Waals surface area contributed by atoms with Crippen LogP contribution in [-0.4, -0.2) is 47.8 Å². The molecule has 0 fully saturated rings. The Labute approximate surface area is 235 Å². The highest BCUT2D eigenvalue weighted by atomic mass is 127. The van der Waals surface area contributed by atoms with Crippen molar-refractivity contribution in [3.63, 3.8) is 0 Å². The van der Waals surface area contributed by atoms with Crippen molar-refractivity contribution in [1.82, 2.24) is 0 Å². The number of likely N-dealkylation sites (N-methyl/N-ethyl adjacent to an activating group) is 1. The minimum Gasteiger partial charge on any atom is -1.00 e. The summed E-state index contributed by atoms with van der Waals surface area (Å²) in [5, 5.41) is 9.95. The van der Waals surface area contributed by atoms with Crippen LogP contribution in [0.1, 0.15) is 34.8 Å². The number of primary amides is 1. The van der Waals surface area contributed by atoms with Crippen LogP contribution in [0.25, 0.3) is 0 Å². The molecule has 36 heavy (non-hydrogen) atoms. The first-order valence-corrected chi connectivity index (χ1v) is 12.2. The fourth-order valence-electron chi connectivity index (χ4n) is 4.39. The summed E-state index contributed by atoms with van der Waals surface area (Å²) < 4.78 is 0.802. The van der Waals surface area contributed by atoms with Gasteiger partial charge in [0.05, 0.1) is 25.2 Å². The number of benzene rings is 3. The Morgan fingerprint density at radius 3 is 2.08 bits per heavy atom. The van der Waals surface area contributed by atoms with E-state index in [0.29, 0.717) is 6.54 Å². The van der Waals surface area contributed by atoms with Gasteiger partial charge in [-0.2, -0.15) is 0 Å². The number of carboxylic acids is 1. The van der Waals surface area contributed by atoms with Crippen LogP contribution in [0.5, 0.6) is 0 Å². The number of hydrogen-bond donors (Lipinski definition) is 2. The molecule has 0 saturated carbocycles. The molecule has 2 amide bonds. The Morgan fingerprint density at radius 1 is 0.917 bits per heavy atom. The maximum absolute atomic E-state index is 12.1. The van der Waals surface area contributed by atoms with E-state index < -0.39 is 12.0 Å². The zero-order valence-corrected chi connectivity index (χ0v) is 23.4. The van der Waals surface area contributed by atoms with E-state index in [1.807, 2.05) is 54.6 Å². The second-order valence-electron chi connectivity index (χ2n) is 8.82. The Bertz CT molecular complexity index is 1110. The van der Waals surface area contributed by atoms with Gasteiger partial charge in [0, 0.05) is 35.7 Å². The number of rotatable bonds is 12. The zero-order valence-electron chi connectivity index (χ0n) is 20.4. The maximum Gasteiger partial charge on any atom is 0.335 e. The maximum atomic E-state index is 12.1. The van der Waals surface area contributed by atoms with Crippen molar-refractivity contribution < 1.29 is 43.2 Å². The monoisotopic (exact) mass is 621 g/mol. The van der Waals surface area contributed by atoms with Crippen molar-refractivity contribution in [2.75, 3.05) is 31.1 Å². The van der Waals surface area contributed by atoms with E-state index >= 15 is 0 Å². The molecule has 0 aliphatic heterocycles. The van der Waals surface area contributed by atoms with Crippen LogP contribution in [0.2, 0.25) is 5.02 Å². The van der Waals surface area contributed by atoms with Gasteiger partial charge in [-0.3, -0.25) is 4.90 Å². The Hall–Kier alpha value is -2.62. The van der Waals surface area contributed by atoms with Gasteiger partial charge >= 0.3 is 12.0 Å². The summed E-state index contributed by atoms with van der Waals surface area (Å²) in [6.07, 6.45) is 1.66. The third-order valence-corrected chi connectivity index (χ3v) is 6.78. The molecule has 1 unspecified atom stereocenters. The van der Waals surface area contributed by atoms with E-state index in [-0.39, 0.29) is 29.5 Å². The summed E-state index contributed by atoms with van der Waals surface area (Å²) in [6, 6.07) is 24.0. The zero-order chi connectivity index (χ0) is 25.3. The van der Waals surface area contributed by atoms with Gasteiger partial charge in [0.25, 0.3) is 0 Å². The van der Waals surface area contributed by atoms with Crippen molar-refractivity contribution in [1.29, 1.82) is 0 Å². The van der Waals surface area contributed by atoms with E-state index in [2.05, 4.69) is 19.1 Å². The molecule has 0 heterocycles. The predicted octanol–water partition coefficient (Wildman–Crippen LogP) is 2.60. The summed E-state index contributed by atoms with van der Waals surface area (Å²) in [6.45, 7) is 6.12. The second-order valence-corrected chi connectivity index (χ2v) is 9.26. The lowest BCUT2D eigenvalue weighted by atomic mass is 10.1. The topological polar surface area (TPSA) is 83.6 Å². The Morgan fingerprint density at radius 2 is 1.53 bits per heavy atom. The van der Waals surface area contributed by atoms with Crippen molar-refractivity contribution in [3.05, 3.63) is 101 Å². The number of para-hydroxylation sites is 1. The number of quaternary nitrogens is 1. The number of carbonyl (C=O) groups is 2. The summed E-state index contributed by atoms with van der Waals surface area (Å²) in [5.74, 6) is -0.928. The fraction of sp³-hybridized carbons (Fsp3) is 0.286. The van der Waals surface area contributed by atoms with Crippen LogP contribution in [0.15, 0.2) is 78.9 Å². The quantitative estimate of drug-likeness (QED) is 0.241. The van der Waals surface area contributed by atoms with Crippen LogP contribution in [0, 0.1) is 0 Å². The number of hydrogen-bond acceptors (Lipinski definition) is 2. The molecule has 3 rings (SSSR count). The lowest BCUT2D eigenvalue weighted by Crippen LogP contribution is -3.00. The number of halogens is 2. The van der Waals surface area contributed by atoms with E-state index in [1.165, 1.54) is 5.56 Å². The number of carbonyl (C=O) groups excluding carboxylic acids is 1. The second kappa shape index (κ2) is 14.2. The van der Waals surface area contributed by atoms with Crippen LogP contribution >= 0.6 is 11.6 Å². The Kier molecular flexibility index (Phi) is 11.7. The van der Waals surface area contributed by atoms with Gasteiger partial charge < -0.3 is 39.3 Å². The molecule has 0 aliphatic carbocycles. The average molecular weight is 622 g/mol. The van der Waals surface area contributed by atoms with E-state index in [0.717, 1.165) is 59.8 Å². The number of aromatic carboxylic acids is 1. The molecule has 0 bridgehead atoms. The third kappa shape index (κ3) is 8.50. The van der Waals surface area contributed by atoms with Gasteiger partial charge in [-0.1, -0.05) is 54.1 Å². The summed E-state index contributed by atoms with van der Waals surface area (Å²) in [7, 11) is 0. The molecule has 0 radical (unpaired) electrons. The van der Waals surface area contributed by atoms with Crippen molar-refractivity contribution >= 4 is 29.3 Å². The minimum absolute atomic E-state index is 0. The molecule has 0 spiro atoms. The molecular weight excluding hydrogens is 589 g/mol. The first-order chi connectivity index (χ1) is 16.8. The number of carboxylic acid groups (broad SMARTS) is 1. The van der Waals surface area contributed by atoms with Gasteiger partial charge in [-0.05, 0) is 48.9 Å². The lowest BCUT2D eigenvalue weighted by molar-refractivity contribution is -0.939. The first-order valence-electron chi connectivity index (χ1n) is 11.9. The number of nitrogens with zero attached hydrogens (tertiary/aromatic N) is 2. The van der Waals surface area contributed by atoms with Gasteiger partial charge in [0.15, 0.2) is 0 Å². The smallest absolute Gasteiger partial charge is 0.335 e. The highest BCUT2D eigenvalue weighted by Gasteiger charge is 2.26. The molecule has 8 heteroatoms. The molecule has 3 N–H and O–H groups in total. The molecule has 192 valence electrons. The van der Waals surface area contributed by atoms with Crippen LogP contribution in [0.4, 0.5) is 10.5 Å². The third-order valence-electron chi connectivity index (χ3n) is 6.53. The van der Waals surface area contributed by atoms with E-state index in [9.17, 15) is 14.7 Å². The van der Waals surface area contributed by atoms with Gasteiger partial charge in [0.2, 0.25) is 0 Å². The molecular formula is C28H33ClIN3O3. The van der Waals surface area contributed by atoms with E-state index in [1.54, 1.807) is 17.0 Å². The molecule has 6 nitrogen and oxygen atoms in total. The molecule has 0 aromatic heterocycles. The first kappa shape index (κ1) is 29.6. The van der Waals surface area contributed by atoms with E-state index in [4.69, 9.17) is 17.3 Å². The minimum atomic E-state index is -0.928. The number of nitrogens with two attached hydrogens (primary N) is 1. The standard InChI is InChI=1S/C28H32ClN3O3.HI/c1-2-32(20-17-22-11-15-25(29)16-12-22,21-23-9-13-24(14-10-23)27(33)34)19-6-18-31(28(30)35)26-7-4-3-5-8-26;/h3-5,7-16H,2,6,17-21H2,1H3,(H2-,30,33,34,35);1H. The number of amides is 2. The van der Waals surface area contributed by atoms with Crippen molar-refractivity contribution in [2.45, 2.75) is 26.3 Å². The number of urea groups is 1. The molecule has 0 aliphatic rings. The largest absolute Gasteiger partial charge is 1.00 e. The molecule has 3 aromatic carbocycles. The van der Waals surface area contributed by atoms with Crippen LogP contribution < -0.4 is 34.6 Å². The lowest BCUT2D eigenvalue weighted by Gasteiger charge is -2.39. The van der Waals surface area contributed by atoms with Crippen molar-refractivity contribution in [2.24, 2.45) is 5.73 Å². The normalized spacial score (nSPS) is 12.3. The predicted molar refractivity (Wildman–Crippen MR) is 141 cm³/mol. The molecule has 1 atom stereocenters. The molecule has 3 aromatic rings. The van der Waals surface area contributed by atoms with Crippen LogP contribution in [-0.2, 0) is 13.0 Å². The Balaban J connectivity index is 0.00000456. The molecule has 0 saturated heterocycles. The SMILES string of the molecule is CC[N+](CCCN(C(N)=O)c1ccccc1)(CCc1ccc(Cl)cc1)Cc1ccc(C(=O)O)cc1.[I-]. The highest BCUT2D eigenvalue weighted by Crippen LogP contribution is 2.21. The van der Waals surface area contributed by atoms with Gasteiger partial charge in [-0.15, -0.1) is 0 Å². The fourth-order valence-corrected chi connectivity index (χ4v) is 4.52. The summed E-state index contributed by atoms with van der Waals surface area (Å²) >= 11 is 6.06. The van der Waals surface area contributed by atoms with Crippen molar-refractivity contribution in [3.8, 4) is 0 Å². The highest BCUT2D eigenvalue weighted by molar-refractivity contribution is 6.30. The number of anilines is 1. The average Bonchev–Trinajstić information content (AvgIpc) is 2.86.